The van der Waals surface area contributed by atoms with E-state index in [-0.39, 0.29) is 11.9 Å². The second-order valence-electron chi connectivity index (χ2n) is 4.99. The molecule has 1 N–H and O–H groups in total. The summed E-state index contributed by atoms with van der Waals surface area (Å²) in [5, 5.41) is 3.47. The Bertz CT molecular complexity index is 624. The molecule has 0 spiro atoms. The van der Waals surface area contributed by atoms with Crippen molar-refractivity contribution in [1.29, 1.82) is 0 Å². The first-order valence-electron chi connectivity index (χ1n) is 6.45. The van der Waals surface area contributed by atoms with Crippen LogP contribution in [0.4, 0.5) is 10.1 Å². The molecule has 0 aromatic heterocycles. The van der Waals surface area contributed by atoms with E-state index in [1.54, 1.807) is 6.07 Å². The molecule has 1 unspecified atom stereocenters. The van der Waals surface area contributed by atoms with Crippen molar-refractivity contribution in [2.75, 3.05) is 5.32 Å². The van der Waals surface area contributed by atoms with Crippen LogP contribution in [0.1, 0.15) is 29.2 Å². The number of halogens is 2. The number of anilines is 1. The zero-order valence-electron chi connectivity index (χ0n) is 10.7. The SMILES string of the molecule is Cc1c(F)cccc1NC1CCc2cc(Br)ccc21. The zero-order chi connectivity index (χ0) is 13.4. The van der Waals surface area contributed by atoms with Gasteiger partial charge in [-0.2, -0.15) is 0 Å². The predicted molar refractivity (Wildman–Crippen MR) is 80.0 cm³/mol. The fourth-order valence-electron chi connectivity index (χ4n) is 2.69. The van der Waals surface area contributed by atoms with Gasteiger partial charge in [0.15, 0.2) is 0 Å². The Morgan fingerprint density at radius 3 is 2.95 bits per heavy atom. The van der Waals surface area contributed by atoms with Crippen LogP contribution in [0.3, 0.4) is 0 Å². The molecule has 98 valence electrons. The molecule has 0 radical (unpaired) electrons. The highest BCUT2D eigenvalue weighted by Crippen LogP contribution is 2.36. The molecule has 3 heteroatoms. The molecule has 2 aromatic carbocycles. The van der Waals surface area contributed by atoms with Crippen LogP contribution in [0.25, 0.3) is 0 Å². The van der Waals surface area contributed by atoms with Gasteiger partial charge in [-0.05, 0) is 55.2 Å². The Labute approximate surface area is 121 Å². The summed E-state index contributed by atoms with van der Waals surface area (Å²) in [5.74, 6) is -0.154. The van der Waals surface area contributed by atoms with E-state index in [0.717, 1.165) is 23.0 Å². The van der Waals surface area contributed by atoms with Gasteiger partial charge in [-0.3, -0.25) is 0 Å². The lowest BCUT2D eigenvalue weighted by Gasteiger charge is -2.17. The minimum atomic E-state index is -0.154. The van der Waals surface area contributed by atoms with Gasteiger partial charge >= 0.3 is 0 Å². The Kier molecular flexibility index (Phi) is 3.31. The van der Waals surface area contributed by atoms with Crippen molar-refractivity contribution < 1.29 is 4.39 Å². The zero-order valence-corrected chi connectivity index (χ0v) is 12.3. The molecule has 1 atom stereocenters. The predicted octanol–water partition coefficient (Wildman–Crippen LogP) is 5.00. The van der Waals surface area contributed by atoms with E-state index >= 15 is 0 Å². The molecule has 2 aromatic rings. The molecule has 0 aliphatic heterocycles. The van der Waals surface area contributed by atoms with E-state index in [0.29, 0.717) is 5.56 Å². The summed E-state index contributed by atoms with van der Waals surface area (Å²) >= 11 is 3.50. The van der Waals surface area contributed by atoms with Crippen LogP contribution in [0.15, 0.2) is 40.9 Å². The van der Waals surface area contributed by atoms with E-state index in [2.05, 4.69) is 39.4 Å². The van der Waals surface area contributed by atoms with Crippen LogP contribution in [0.5, 0.6) is 0 Å². The standard InChI is InChI=1S/C16H15BrFN/c1-10-14(18)3-2-4-15(10)19-16-8-5-11-9-12(17)6-7-13(11)16/h2-4,6-7,9,16,19H,5,8H2,1H3. The van der Waals surface area contributed by atoms with Crippen LogP contribution in [-0.4, -0.2) is 0 Å². The fraction of sp³-hybridized carbons (Fsp3) is 0.250. The third-order valence-electron chi connectivity index (χ3n) is 3.78. The summed E-state index contributed by atoms with van der Waals surface area (Å²) in [6, 6.07) is 11.9. The highest BCUT2D eigenvalue weighted by molar-refractivity contribution is 9.10. The lowest BCUT2D eigenvalue weighted by molar-refractivity contribution is 0.618. The number of hydrogen-bond acceptors (Lipinski definition) is 1. The molecular weight excluding hydrogens is 305 g/mol. The molecule has 0 amide bonds. The third-order valence-corrected chi connectivity index (χ3v) is 4.27. The van der Waals surface area contributed by atoms with Crippen LogP contribution < -0.4 is 5.32 Å². The minimum absolute atomic E-state index is 0.154. The second-order valence-corrected chi connectivity index (χ2v) is 5.91. The van der Waals surface area contributed by atoms with Gasteiger partial charge in [0, 0.05) is 15.7 Å². The van der Waals surface area contributed by atoms with Gasteiger partial charge in [0.1, 0.15) is 5.82 Å². The van der Waals surface area contributed by atoms with Crippen molar-refractivity contribution in [2.45, 2.75) is 25.8 Å². The quantitative estimate of drug-likeness (QED) is 0.821. The van der Waals surface area contributed by atoms with Gasteiger partial charge in [-0.1, -0.05) is 28.1 Å². The second kappa shape index (κ2) is 4.97. The van der Waals surface area contributed by atoms with Crippen molar-refractivity contribution in [2.24, 2.45) is 0 Å². The van der Waals surface area contributed by atoms with E-state index < -0.39 is 0 Å². The fourth-order valence-corrected chi connectivity index (χ4v) is 3.10. The number of fused-ring (bicyclic) bond motifs is 1. The lowest BCUT2D eigenvalue weighted by atomic mass is 10.1. The summed E-state index contributed by atoms with van der Waals surface area (Å²) in [4.78, 5) is 0. The maximum absolute atomic E-state index is 13.6. The third kappa shape index (κ3) is 2.39. The Balaban J connectivity index is 1.89. The van der Waals surface area contributed by atoms with Crippen molar-refractivity contribution >= 4 is 21.6 Å². The topological polar surface area (TPSA) is 12.0 Å². The summed E-state index contributed by atoms with van der Waals surface area (Å²) < 4.78 is 14.7. The molecule has 1 aliphatic rings. The molecule has 3 rings (SSSR count). The largest absolute Gasteiger partial charge is 0.378 e. The van der Waals surface area contributed by atoms with E-state index in [1.807, 2.05) is 13.0 Å². The van der Waals surface area contributed by atoms with Crippen molar-refractivity contribution in [3.05, 3.63) is 63.4 Å². The first-order valence-corrected chi connectivity index (χ1v) is 7.24. The van der Waals surface area contributed by atoms with Gasteiger partial charge in [0.25, 0.3) is 0 Å². The van der Waals surface area contributed by atoms with Gasteiger partial charge < -0.3 is 5.32 Å². The molecular formula is C16H15BrFN. The monoisotopic (exact) mass is 319 g/mol. The van der Waals surface area contributed by atoms with E-state index in [9.17, 15) is 4.39 Å². The summed E-state index contributed by atoms with van der Waals surface area (Å²) in [6.45, 7) is 1.81. The summed E-state index contributed by atoms with van der Waals surface area (Å²) in [5.41, 5.74) is 4.28. The van der Waals surface area contributed by atoms with Gasteiger partial charge in [0.2, 0.25) is 0 Å². The summed E-state index contributed by atoms with van der Waals surface area (Å²) in [6.07, 6.45) is 2.13. The van der Waals surface area contributed by atoms with Crippen molar-refractivity contribution in [3.63, 3.8) is 0 Å². The Morgan fingerprint density at radius 2 is 2.11 bits per heavy atom. The van der Waals surface area contributed by atoms with Crippen LogP contribution in [-0.2, 0) is 6.42 Å². The average Bonchev–Trinajstić information content (AvgIpc) is 2.77. The van der Waals surface area contributed by atoms with Gasteiger partial charge in [-0.25, -0.2) is 4.39 Å². The van der Waals surface area contributed by atoms with Crippen molar-refractivity contribution in [1.82, 2.24) is 0 Å². The van der Waals surface area contributed by atoms with E-state index in [1.165, 1.54) is 17.2 Å². The number of rotatable bonds is 2. The first kappa shape index (κ1) is 12.7. The normalized spacial score (nSPS) is 17.3. The Hall–Kier alpha value is -1.35. The number of aryl methyl sites for hydroxylation is 1. The van der Waals surface area contributed by atoms with Crippen LogP contribution in [0, 0.1) is 12.7 Å². The number of nitrogens with one attached hydrogen (secondary N) is 1. The molecule has 0 bridgehead atoms. The lowest BCUT2D eigenvalue weighted by Crippen LogP contribution is -2.08. The first-order chi connectivity index (χ1) is 9.15. The van der Waals surface area contributed by atoms with Gasteiger partial charge in [0.05, 0.1) is 6.04 Å². The molecule has 0 saturated carbocycles. The van der Waals surface area contributed by atoms with Crippen molar-refractivity contribution in [3.8, 4) is 0 Å². The molecule has 1 nitrogen and oxygen atoms in total. The van der Waals surface area contributed by atoms with E-state index in [4.69, 9.17) is 0 Å². The van der Waals surface area contributed by atoms with Crippen LogP contribution >= 0.6 is 15.9 Å². The molecule has 1 aliphatic carbocycles. The maximum Gasteiger partial charge on any atom is 0.128 e. The van der Waals surface area contributed by atoms with Crippen LogP contribution in [0.2, 0.25) is 0 Å². The number of hydrogen-bond donors (Lipinski definition) is 1. The molecule has 0 saturated heterocycles. The highest BCUT2D eigenvalue weighted by Gasteiger charge is 2.22. The Morgan fingerprint density at radius 1 is 1.26 bits per heavy atom. The number of benzene rings is 2. The molecule has 0 heterocycles. The van der Waals surface area contributed by atoms with Gasteiger partial charge in [-0.15, -0.1) is 0 Å². The summed E-state index contributed by atoms with van der Waals surface area (Å²) in [7, 11) is 0. The molecule has 19 heavy (non-hydrogen) atoms. The highest BCUT2D eigenvalue weighted by atomic mass is 79.9. The smallest absolute Gasteiger partial charge is 0.128 e. The minimum Gasteiger partial charge on any atom is -0.378 e. The maximum atomic E-state index is 13.6. The average molecular weight is 320 g/mol. The molecule has 0 fully saturated rings.